The van der Waals surface area contributed by atoms with Gasteiger partial charge in [0.2, 0.25) is 5.91 Å². The van der Waals surface area contributed by atoms with E-state index >= 15 is 0 Å². The van der Waals surface area contributed by atoms with Crippen LogP contribution in [0.1, 0.15) is 29.5 Å². The summed E-state index contributed by atoms with van der Waals surface area (Å²) in [7, 11) is -3.67. The molecule has 0 aliphatic heterocycles. The van der Waals surface area contributed by atoms with Crippen LogP contribution < -0.4 is 11.1 Å². The lowest BCUT2D eigenvalue weighted by Crippen LogP contribution is -2.11. The van der Waals surface area contributed by atoms with Crippen LogP contribution in [0.2, 0.25) is 0 Å². The Morgan fingerprint density at radius 1 is 1.15 bits per heavy atom. The van der Waals surface area contributed by atoms with Crippen LogP contribution in [0.15, 0.2) is 47.4 Å². The molecular formula is C18H18N4O4S. The number of aromatic nitrogens is 2. The molecule has 0 saturated carbocycles. The average Bonchev–Trinajstić information content (AvgIpc) is 3.03. The highest BCUT2D eigenvalue weighted by atomic mass is 32.2. The molecule has 0 bridgehead atoms. The molecule has 9 heteroatoms. The number of imidazole rings is 1. The smallest absolute Gasteiger partial charge is 0.250 e. The summed E-state index contributed by atoms with van der Waals surface area (Å²) in [6.07, 6.45) is 0.333. The van der Waals surface area contributed by atoms with Gasteiger partial charge in [0.1, 0.15) is 17.1 Å². The van der Waals surface area contributed by atoms with Gasteiger partial charge in [-0.05, 0) is 36.4 Å². The molecule has 140 valence electrons. The molecule has 8 nitrogen and oxygen atoms in total. The van der Waals surface area contributed by atoms with Crippen molar-refractivity contribution in [1.29, 1.82) is 0 Å². The van der Waals surface area contributed by atoms with Gasteiger partial charge in [-0.2, -0.15) is 0 Å². The van der Waals surface area contributed by atoms with Gasteiger partial charge in [-0.3, -0.25) is 9.59 Å². The number of para-hydroxylation sites is 1. The number of rotatable bonds is 6. The number of nitrogens with two attached hydrogens (primary N) is 1. The van der Waals surface area contributed by atoms with Gasteiger partial charge in [-0.1, -0.05) is 13.0 Å². The van der Waals surface area contributed by atoms with E-state index in [-0.39, 0.29) is 27.9 Å². The summed E-state index contributed by atoms with van der Waals surface area (Å²) in [6, 6.07) is 10.8. The molecule has 2 aromatic carbocycles. The first-order valence-electron chi connectivity index (χ1n) is 8.20. The highest BCUT2D eigenvalue weighted by molar-refractivity contribution is 7.90. The minimum Gasteiger partial charge on any atom is -0.366 e. The number of primary amides is 1. The first-order valence-corrected chi connectivity index (χ1v) is 9.85. The third-order valence-electron chi connectivity index (χ3n) is 3.97. The summed E-state index contributed by atoms with van der Waals surface area (Å²) in [5.41, 5.74) is 6.95. The van der Waals surface area contributed by atoms with Crippen molar-refractivity contribution in [3.05, 3.63) is 53.9 Å². The van der Waals surface area contributed by atoms with Crippen molar-refractivity contribution >= 4 is 38.4 Å². The third-order valence-corrected chi connectivity index (χ3v) is 5.62. The van der Waals surface area contributed by atoms with E-state index in [0.29, 0.717) is 23.1 Å². The number of carbonyl (C=O) groups excluding carboxylic acids is 2. The zero-order valence-electron chi connectivity index (χ0n) is 14.5. The van der Waals surface area contributed by atoms with Gasteiger partial charge in [-0.25, -0.2) is 13.4 Å². The molecule has 0 aliphatic carbocycles. The minimum absolute atomic E-state index is 0.104. The second-order valence-corrected chi connectivity index (χ2v) is 7.92. The maximum atomic E-state index is 12.6. The number of nitrogens with zero attached hydrogens (tertiary/aromatic N) is 1. The molecule has 0 atom stereocenters. The first-order chi connectivity index (χ1) is 12.8. The number of amides is 2. The van der Waals surface area contributed by atoms with E-state index in [1.54, 1.807) is 19.1 Å². The van der Waals surface area contributed by atoms with Crippen molar-refractivity contribution in [3.8, 4) is 0 Å². The molecule has 3 rings (SSSR count). The Labute approximate surface area is 155 Å². The van der Waals surface area contributed by atoms with Crippen molar-refractivity contribution in [2.75, 3.05) is 5.32 Å². The van der Waals surface area contributed by atoms with Crippen molar-refractivity contribution in [1.82, 2.24) is 9.97 Å². The van der Waals surface area contributed by atoms with Gasteiger partial charge in [-0.15, -0.1) is 0 Å². The standard InChI is InChI=1S/C18H18N4O4S/c1-2-16(23)20-11-6-8-12(9-7-11)27(25,26)10-15-21-14-5-3-4-13(18(19)24)17(14)22-15/h3-9H,2,10H2,1H3,(H2,19,24)(H,20,23)(H,21,22). The molecule has 3 aromatic rings. The van der Waals surface area contributed by atoms with Crippen LogP contribution in [-0.2, 0) is 20.4 Å². The zero-order chi connectivity index (χ0) is 19.6. The number of aromatic amines is 1. The molecule has 1 aromatic heterocycles. The van der Waals surface area contributed by atoms with Crippen molar-refractivity contribution in [3.63, 3.8) is 0 Å². The summed E-state index contributed by atoms with van der Waals surface area (Å²) in [5.74, 6) is -0.938. The van der Waals surface area contributed by atoms with Gasteiger partial charge in [0, 0.05) is 12.1 Å². The van der Waals surface area contributed by atoms with E-state index in [4.69, 9.17) is 5.73 Å². The summed E-state index contributed by atoms with van der Waals surface area (Å²) in [6.45, 7) is 1.73. The van der Waals surface area contributed by atoms with Crippen LogP contribution >= 0.6 is 0 Å². The Balaban J connectivity index is 1.86. The number of fused-ring (bicyclic) bond motifs is 1. The van der Waals surface area contributed by atoms with Crippen molar-refractivity contribution in [2.24, 2.45) is 5.73 Å². The van der Waals surface area contributed by atoms with E-state index in [0.717, 1.165) is 0 Å². The molecule has 2 amide bonds. The van der Waals surface area contributed by atoms with Crippen LogP contribution in [-0.4, -0.2) is 30.2 Å². The molecule has 0 unspecified atom stereocenters. The molecular weight excluding hydrogens is 368 g/mol. The van der Waals surface area contributed by atoms with E-state index in [1.807, 2.05) is 0 Å². The maximum Gasteiger partial charge on any atom is 0.250 e. The van der Waals surface area contributed by atoms with E-state index in [2.05, 4.69) is 15.3 Å². The minimum atomic E-state index is -3.67. The van der Waals surface area contributed by atoms with Crippen LogP contribution in [0.3, 0.4) is 0 Å². The molecule has 0 aliphatic rings. The van der Waals surface area contributed by atoms with Crippen LogP contribution in [0, 0.1) is 0 Å². The van der Waals surface area contributed by atoms with E-state index in [9.17, 15) is 18.0 Å². The Kier molecular flexibility index (Phi) is 4.95. The summed E-state index contributed by atoms with van der Waals surface area (Å²) < 4.78 is 25.3. The number of H-pyrrole nitrogens is 1. The lowest BCUT2D eigenvalue weighted by molar-refractivity contribution is -0.115. The topological polar surface area (TPSA) is 135 Å². The van der Waals surface area contributed by atoms with Gasteiger partial charge >= 0.3 is 0 Å². The Morgan fingerprint density at radius 2 is 1.85 bits per heavy atom. The fraction of sp³-hybridized carbons (Fsp3) is 0.167. The SMILES string of the molecule is CCC(=O)Nc1ccc(S(=O)(=O)Cc2nc3c(C(N)=O)cccc3[nH]2)cc1. The average molecular weight is 386 g/mol. The molecule has 27 heavy (non-hydrogen) atoms. The van der Waals surface area contributed by atoms with Crippen LogP contribution in [0.4, 0.5) is 5.69 Å². The van der Waals surface area contributed by atoms with Crippen LogP contribution in [0.5, 0.6) is 0 Å². The molecule has 4 N–H and O–H groups in total. The quantitative estimate of drug-likeness (QED) is 0.595. The Hall–Kier alpha value is -3.20. The highest BCUT2D eigenvalue weighted by Crippen LogP contribution is 2.21. The van der Waals surface area contributed by atoms with Crippen molar-refractivity contribution < 1.29 is 18.0 Å². The largest absolute Gasteiger partial charge is 0.366 e. The fourth-order valence-electron chi connectivity index (χ4n) is 2.61. The predicted molar refractivity (Wildman–Crippen MR) is 101 cm³/mol. The fourth-order valence-corrected chi connectivity index (χ4v) is 3.82. The van der Waals surface area contributed by atoms with Crippen molar-refractivity contribution in [2.45, 2.75) is 24.0 Å². The number of hydrogen-bond donors (Lipinski definition) is 3. The molecule has 0 fully saturated rings. The zero-order valence-corrected chi connectivity index (χ0v) is 15.3. The molecule has 0 spiro atoms. The van der Waals surface area contributed by atoms with E-state index in [1.165, 1.54) is 30.3 Å². The lowest BCUT2D eigenvalue weighted by atomic mass is 10.2. The Morgan fingerprint density at radius 3 is 2.48 bits per heavy atom. The number of anilines is 1. The second kappa shape index (κ2) is 7.20. The number of benzene rings is 2. The maximum absolute atomic E-state index is 12.6. The third kappa shape index (κ3) is 3.98. The number of hydrogen-bond acceptors (Lipinski definition) is 5. The summed E-state index contributed by atoms with van der Waals surface area (Å²) >= 11 is 0. The lowest BCUT2D eigenvalue weighted by Gasteiger charge is -2.06. The van der Waals surface area contributed by atoms with Gasteiger partial charge < -0.3 is 16.0 Å². The first kappa shape index (κ1) is 18.6. The number of sulfone groups is 1. The van der Waals surface area contributed by atoms with Gasteiger partial charge in [0.15, 0.2) is 9.84 Å². The molecule has 0 radical (unpaired) electrons. The van der Waals surface area contributed by atoms with Gasteiger partial charge in [0.05, 0.1) is 16.0 Å². The monoisotopic (exact) mass is 386 g/mol. The summed E-state index contributed by atoms with van der Waals surface area (Å²) in [5, 5.41) is 2.66. The highest BCUT2D eigenvalue weighted by Gasteiger charge is 2.19. The number of carbonyl (C=O) groups is 2. The molecule has 0 saturated heterocycles. The summed E-state index contributed by atoms with van der Waals surface area (Å²) in [4.78, 5) is 30.1. The molecule has 1 heterocycles. The Bertz CT molecular complexity index is 1120. The van der Waals surface area contributed by atoms with Gasteiger partial charge in [0.25, 0.3) is 5.91 Å². The van der Waals surface area contributed by atoms with E-state index < -0.39 is 15.7 Å². The normalized spacial score (nSPS) is 11.4. The predicted octanol–water partition coefficient (Wildman–Crippen LogP) is 1.98. The van der Waals surface area contributed by atoms with Crippen LogP contribution in [0.25, 0.3) is 11.0 Å². The number of nitrogens with one attached hydrogen (secondary N) is 2. The second-order valence-electron chi connectivity index (χ2n) is 5.93.